The molecule has 5 heteroatoms. The zero-order valence-electron chi connectivity index (χ0n) is 20.4. The molecular weight excluding hydrogens is 416 g/mol. The van der Waals surface area contributed by atoms with Gasteiger partial charge >= 0.3 is 0 Å². The summed E-state index contributed by atoms with van der Waals surface area (Å²) in [5.74, 6) is 2.80. The summed E-state index contributed by atoms with van der Waals surface area (Å²) in [4.78, 5) is 13.2. The van der Waals surface area contributed by atoms with Gasteiger partial charge in [0.15, 0.2) is 28.8 Å². The van der Waals surface area contributed by atoms with Crippen LogP contribution in [-0.2, 0) is 4.79 Å². The maximum atomic E-state index is 13.2. The third-order valence-corrected chi connectivity index (χ3v) is 5.26. The molecule has 0 spiro atoms. The Hall–Kier alpha value is -3.21. The van der Waals surface area contributed by atoms with Crippen molar-refractivity contribution in [1.82, 2.24) is 0 Å². The lowest BCUT2D eigenvalue weighted by atomic mass is 9.87. The number of benzene rings is 2. The van der Waals surface area contributed by atoms with Crippen molar-refractivity contribution in [3.63, 3.8) is 0 Å². The number of Topliss-reactive ketones (excluding diaryl/α,β-unsaturated/α-hetero) is 1. The van der Waals surface area contributed by atoms with Gasteiger partial charge in [-0.25, -0.2) is 0 Å². The van der Waals surface area contributed by atoms with E-state index >= 15 is 0 Å². The summed E-state index contributed by atoms with van der Waals surface area (Å²) in [5.41, 5.74) is 3.45. The van der Waals surface area contributed by atoms with Gasteiger partial charge in [0.05, 0.1) is 26.4 Å². The standard InChI is InChI=1S/C28H34O5/c1-18(2)32-24-12-10-20(16-26(24)30-5)14-22-8-7-9-23(28(22)29)15-21-11-13-25(33-19(3)4)27(17-21)31-6/h10-19H,7-9H2,1-6H3/b22-14-,23-15+. The highest BCUT2D eigenvalue weighted by Gasteiger charge is 2.21. The van der Waals surface area contributed by atoms with E-state index < -0.39 is 0 Å². The van der Waals surface area contributed by atoms with Crippen LogP contribution in [0.5, 0.6) is 23.0 Å². The van der Waals surface area contributed by atoms with Gasteiger partial charge < -0.3 is 18.9 Å². The minimum Gasteiger partial charge on any atom is -0.493 e. The van der Waals surface area contributed by atoms with Gasteiger partial charge in [0.25, 0.3) is 0 Å². The van der Waals surface area contributed by atoms with Gasteiger partial charge in [0.1, 0.15) is 0 Å². The van der Waals surface area contributed by atoms with E-state index in [0.717, 1.165) is 41.5 Å². The van der Waals surface area contributed by atoms with E-state index in [4.69, 9.17) is 18.9 Å². The molecule has 176 valence electrons. The average molecular weight is 451 g/mol. The van der Waals surface area contributed by atoms with Crippen LogP contribution in [0.2, 0.25) is 0 Å². The highest BCUT2D eigenvalue weighted by Crippen LogP contribution is 2.34. The van der Waals surface area contributed by atoms with E-state index in [1.807, 2.05) is 76.2 Å². The summed E-state index contributed by atoms with van der Waals surface area (Å²) in [6.07, 6.45) is 6.47. The molecular formula is C28H34O5. The molecule has 0 aromatic heterocycles. The van der Waals surface area contributed by atoms with Crippen LogP contribution < -0.4 is 18.9 Å². The van der Waals surface area contributed by atoms with Crippen molar-refractivity contribution < 1.29 is 23.7 Å². The molecule has 2 aromatic carbocycles. The fraction of sp³-hybridized carbons (Fsp3) is 0.393. The number of ether oxygens (including phenoxy) is 4. The third-order valence-electron chi connectivity index (χ3n) is 5.26. The summed E-state index contributed by atoms with van der Waals surface area (Å²) >= 11 is 0. The molecule has 0 amide bonds. The molecule has 1 aliphatic rings. The van der Waals surface area contributed by atoms with Gasteiger partial charge in [-0.1, -0.05) is 12.1 Å². The first kappa shape index (κ1) is 24.4. The van der Waals surface area contributed by atoms with Gasteiger partial charge in [0.2, 0.25) is 0 Å². The number of ketones is 1. The van der Waals surface area contributed by atoms with Crippen LogP contribution in [0.3, 0.4) is 0 Å². The highest BCUT2D eigenvalue weighted by atomic mass is 16.5. The fourth-order valence-electron chi connectivity index (χ4n) is 3.83. The molecule has 0 atom stereocenters. The van der Waals surface area contributed by atoms with Crippen LogP contribution in [0.1, 0.15) is 58.1 Å². The quantitative estimate of drug-likeness (QED) is 0.430. The molecule has 0 unspecified atom stereocenters. The first-order valence-corrected chi connectivity index (χ1v) is 11.5. The summed E-state index contributed by atoms with van der Waals surface area (Å²) in [6.45, 7) is 7.91. The number of rotatable bonds is 8. The second-order valence-corrected chi connectivity index (χ2v) is 8.68. The van der Waals surface area contributed by atoms with Crippen molar-refractivity contribution in [2.45, 2.75) is 59.2 Å². The zero-order chi connectivity index (χ0) is 24.0. The van der Waals surface area contributed by atoms with E-state index in [0.29, 0.717) is 23.0 Å². The number of carbonyl (C=O) groups excluding carboxylic acids is 1. The molecule has 0 N–H and O–H groups in total. The molecule has 0 saturated heterocycles. The Labute approximate surface area is 197 Å². The normalized spacial score (nSPS) is 16.5. The van der Waals surface area contributed by atoms with Gasteiger partial charge in [0, 0.05) is 11.1 Å². The predicted molar refractivity (Wildman–Crippen MR) is 132 cm³/mol. The molecule has 0 heterocycles. The van der Waals surface area contributed by atoms with Gasteiger partial charge in [-0.2, -0.15) is 0 Å². The minimum atomic E-state index is 0.0559. The lowest BCUT2D eigenvalue weighted by Gasteiger charge is -2.18. The van der Waals surface area contributed by atoms with Crippen molar-refractivity contribution in [3.8, 4) is 23.0 Å². The van der Waals surface area contributed by atoms with Gasteiger partial charge in [-0.15, -0.1) is 0 Å². The highest BCUT2D eigenvalue weighted by molar-refractivity contribution is 6.14. The molecule has 0 bridgehead atoms. The Kier molecular flexibility index (Phi) is 8.21. The molecule has 5 nitrogen and oxygen atoms in total. The zero-order valence-corrected chi connectivity index (χ0v) is 20.4. The largest absolute Gasteiger partial charge is 0.493 e. The minimum absolute atomic E-state index is 0.0559. The van der Waals surface area contributed by atoms with Crippen LogP contribution >= 0.6 is 0 Å². The lowest BCUT2D eigenvalue weighted by Crippen LogP contribution is -2.12. The summed E-state index contributed by atoms with van der Waals surface area (Å²) < 4.78 is 22.6. The topological polar surface area (TPSA) is 54.0 Å². The Morgan fingerprint density at radius 1 is 0.697 bits per heavy atom. The second-order valence-electron chi connectivity index (χ2n) is 8.68. The molecule has 1 fully saturated rings. The van der Waals surface area contributed by atoms with Crippen LogP contribution in [0.15, 0.2) is 47.5 Å². The first-order valence-electron chi connectivity index (χ1n) is 11.5. The molecule has 33 heavy (non-hydrogen) atoms. The molecule has 2 aromatic rings. The Morgan fingerprint density at radius 2 is 1.12 bits per heavy atom. The number of carbonyl (C=O) groups is 1. The van der Waals surface area contributed by atoms with E-state index in [9.17, 15) is 4.79 Å². The van der Waals surface area contributed by atoms with E-state index in [-0.39, 0.29) is 18.0 Å². The fourth-order valence-corrected chi connectivity index (χ4v) is 3.83. The summed E-state index contributed by atoms with van der Waals surface area (Å²) in [5, 5.41) is 0. The van der Waals surface area contributed by atoms with Crippen molar-refractivity contribution in [1.29, 1.82) is 0 Å². The second kappa shape index (κ2) is 11.1. The van der Waals surface area contributed by atoms with Crippen LogP contribution in [0, 0.1) is 0 Å². The maximum Gasteiger partial charge on any atom is 0.185 e. The Balaban J connectivity index is 1.85. The number of hydrogen-bond donors (Lipinski definition) is 0. The smallest absolute Gasteiger partial charge is 0.185 e. The Bertz CT molecular complexity index is 965. The van der Waals surface area contributed by atoms with Gasteiger partial charge in [-0.05, 0) is 94.5 Å². The molecule has 0 aliphatic heterocycles. The lowest BCUT2D eigenvalue weighted by molar-refractivity contribution is -0.112. The predicted octanol–water partition coefficient (Wildman–Crippen LogP) is 6.50. The SMILES string of the molecule is COc1cc(/C=C2/CCC/C(=C\c3ccc(OC(C)C)c(OC)c3)C2=O)ccc1OC(C)C. The van der Waals surface area contributed by atoms with Gasteiger partial charge in [-0.3, -0.25) is 4.79 Å². The van der Waals surface area contributed by atoms with Crippen LogP contribution in [0.25, 0.3) is 12.2 Å². The maximum absolute atomic E-state index is 13.2. The first-order chi connectivity index (χ1) is 15.8. The number of hydrogen-bond acceptors (Lipinski definition) is 5. The molecule has 1 saturated carbocycles. The van der Waals surface area contributed by atoms with Crippen molar-refractivity contribution in [3.05, 3.63) is 58.7 Å². The number of allylic oxidation sites excluding steroid dienone is 2. The third kappa shape index (κ3) is 6.41. The van der Waals surface area contributed by atoms with Crippen LogP contribution in [-0.4, -0.2) is 32.2 Å². The monoisotopic (exact) mass is 450 g/mol. The molecule has 1 aliphatic carbocycles. The van der Waals surface area contributed by atoms with Crippen LogP contribution in [0.4, 0.5) is 0 Å². The van der Waals surface area contributed by atoms with Crippen molar-refractivity contribution in [2.24, 2.45) is 0 Å². The summed E-state index contributed by atoms with van der Waals surface area (Å²) in [6, 6.07) is 11.5. The van der Waals surface area contributed by atoms with Crippen molar-refractivity contribution in [2.75, 3.05) is 14.2 Å². The average Bonchev–Trinajstić information content (AvgIpc) is 2.77. The van der Waals surface area contributed by atoms with Crippen molar-refractivity contribution >= 4 is 17.9 Å². The van der Waals surface area contributed by atoms with E-state index in [2.05, 4.69) is 0 Å². The Morgan fingerprint density at radius 3 is 1.48 bits per heavy atom. The molecule has 3 rings (SSSR count). The number of methoxy groups -OCH3 is 2. The van der Waals surface area contributed by atoms with E-state index in [1.54, 1.807) is 14.2 Å². The van der Waals surface area contributed by atoms with E-state index in [1.165, 1.54) is 0 Å². The molecule has 0 radical (unpaired) electrons. The summed E-state index contributed by atoms with van der Waals surface area (Å²) in [7, 11) is 3.25.